The van der Waals surface area contributed by atoms with Gasteiger partial charge in [0.1, 0.15) is 5.75 Å². The van der Waals surface area contributed by atoms with Gasteiger partial charge in [0.05, 0.1) is 7.11 Å². The Hall–Kier alpha value is -2.20. The molecule has 0 unspecified atom stereocenters. The number of methoxy groups -OCH3 is 1. The fraction of sp³-hybridized carbons (Fsp3) is 0.286. The smallest absolute Gasteiger partial charge is 0.251 e. The normalized spacial score (nSPS) is 10.3. The van der Waals surface area contributed by atoms with Crippen molar-refractivity contribution in [2.45, 2.75) is 19.1 Å². The summed E-state index contributed by atoms with van der Waals surface area (Å²) in [6.07, 6.45) is 2.48. The van der Waals surface area contributed by atoms with E-state index in [0.29, 0.717) is 18.5 Å². The molecule has 0 aliphatic rings. The molecule has 1 N–H and O–H groups in total. The number of hydrogen-bond donors (Lipinski definition) is 1. The van der Waals surface area contributed by atoms with Crippen LogP contribution in [0.15, 0.2) is 55.1 Å². The number of carbonyl (C=O) groups is 1. The van der Waals surface area contributed by atoms with Gasteiger partial charge in [-0.15, -0.1) is 6.58 Å². The van der Waals surface area contributed by atoms with Crippen LogP contribution in [0.1, 0.15) is 27.0 Å². The van der Waals surface area contributed by atoms with Crippen molar-refractivity contribution in [3.8, 4) is 5.75 Å². The van der Waals surface area contributed by atoms with Crippen LogP contribution in [0.3, 0.4) is 0 Å². The number of aryl methyl sites for hydroxylation is 1. The Morgan fingerprint density at radius 3 is 2.68 bits per heavy atom. The molecule has 0 atom stereocenters. The molecule has 2 rings (SSSR count). The highest BCUT2D eigenvalue weighted by molar-refractivity contribution is 7.98. The van der Waals surface area contributed by atoms with Crippen molar-refractivity contribution < 1.29 is 9.53 Å². The molecular weight excluding hydrogens is 330 g/mol. The fourth-order valence-corrected chi connectivity index (χ4v) is 3.27. The molecule has 1 amide bonds. The monoisotopic (exact) mass is 355 g/mol. The Morgan fingerprint density at radius 2 is 2.00 bits per heavy atom. The lowest BCUT2D eigenvalue weighted by molar-refractivity contribution is 0.0956. The third-order valence-electron chi connectivity index (χ3n) is 3.83. The van der Waals surface area contributed by atoms with E-state index in [-0.39, 0.29) is 5.91 Å². The van der Waals surface area contributed by atoms with Crippen LogP contribution >= 0.6 is 11.8 Å². The number of hydrogen-bond acceptors (Lipinski definition) is 3. The van der Waals surface area contributed by atoms with Crippen LogP contribution in [0.5, 0.6) is 5.75 Å². The molecule has 132 valence electrons. The quantitative estimate of drug-likeness (QED) is 0.535. The van der Waals surface area contributed by atoms with Gasteiger partial charge in [0.2, 0.25) is 0 Å². The third-order valence-corrected chi connectivity index (χ3v) is 4.86. The van der Waals surface area contributed by atoms with Crippen LogP contribution in [0.4, 0.5) is 0 Å². The highest BCUT2D eigenvalue weighted by Gasteiger charge is 2.09. The second-order valence-electron chi connectivity index (χ2n) is 5.81. The van der Waals surface area contributed by atoms with Crippen molar-refractivity contribution in [1.82, 2.24) is 5.32 Å². The van der Waals surface area contributed by atoms with Crippen molar-refractivity contribution in [1.29, 1.82) is 0 Å². The minimum atomic E-state index is -0.0519. The Balaban J connectivity index is 1.79. The molecule has 4 heteroatoms. The Morgan fingerprint density at radius 1 is 1.24 bits per heavy atom. The van der Waals surface area contributed by atoms with Gasteiger partial charge in [0.15, 0.2) is 0 Å². The summed E-state index contributed by atoms with van der Waals surface area (Å²) in [5.74, 6) is 2.58. The van der Waals surface area contributed by atoms with Gasteiger partial charge in [-0.05, 0) is 42.7 Å². The summed E-state index contributed by atoms with van der Waals surface area (Å²) in [4.78, 5) is 12.3. The molecule has 3 nitrogen and oxygen atoms in total. The number of carbonyl (C=O) groups excluding carboxylic acids is 1. The fourth-order valence-electron chi connectivity index (χ4n) is 2.45. The average Bonchev–Trinajstić information content (AvgIpc) is 2.63. The first kappa shape index (κ1) is 19.1. The number of allylic oxidation sites excluding steroid dienone is 1. The highest BCUT2D eigenvalue weighted by atomic mass is 32.2. The summed E-state index contributed by atoms with van der Waals surface area (Å²) in [5.41, 5.74) is 4.21. The van der Waals surface area contributed by atoms with Crippen LogP contribution in [0, 0.1) is 6.92 Å². The standard InChI is InChI=1S/C21H25NO2S/c1-4-5-18-14-19(10-11-20(18)24-3)21(23)22-12-13-25-15-17-8-6-16(2)7-9-17/h4,6-11,14H,1,5,12-13,15H2,2-3H3,(H,22,23). The van der Waals surface area contributed by atoms with Gasteiger partial charge in [-0.1, -0.05) is 35.9 Å². The van der Waals surface area contributed by atoms with Gasteiger partial charge in [0.25, 0.3) is 5.91 Å². The molecule has 0 aliphatic heterocycles. The Bertz CT molecular complexity index is 710. The van der Waals surface area contributed by atoms with Crippen molar-refractivity contribution >= 4 is 17.7 Å². The topological polar surface area (TPSA) is 38.3 Å². The zero-order chi connectivity index (χ0) is 18.1. The molecule has 0 aliphatic carbocycles. The van der Waals surface area contributed by atoms with E-state index in [0.717, 1.165) is 22.8 Å². The lowest BCUT2D eigenvalue weighted by Gasteiger charge is -2.10. The number of thioether (sulfide) groups is 1. The van der Waals surface area contributed by atoms with Gasteiger partial charge >= 0.3 is 0 Å². The van der Waals surface area contributed by atoms with Crippen LogP contribution in [0.2, 0.25) is 0 Å². The van der Waals surface area contributed by atoms with E-state index in [1.54, 1.807) is 19.3 Å². The van der Waals surface area contributed by atoms with Crippen molar-refractivity contribution in [2.75, 3.05) is 19.4 Å². The molecule has 0 spiro atoms. The molecule has 2 aromatic rings. The summed E-state index contributed by atoms with van der Waals surface area (Å²) in [6, 6.07) is 14.1. The van der Waals surface area contributed by atoms with Crippen molar-refractivity contribution in [3.05, 3.63) is 77.4 Å². The average molecular weight is 356 g/mol. The molecule has 0 fully saturated rings. The van der Waals surface area contributed by atoms with Crippen LogP contribution in [-0.4, -0.2) is 25.3 Å². The zero-order valence-corrected chi connectivity index (χ0v) is 15.7. The number of nitrogens with one attached hydrogen (secondary N) is 1. The molecule has 0 bridgehead atoms. The molecule has 25 heavy (non-hydrogen) atoms. The summed E-state index contributed by atoms with van der Waals surface area (Å²) >= 11 is 1.82. The van der Waals surface area contributed by atoms with Crippen LogP contribution in [0.25, 0.3) is 0 Å². The largest absolute Gasteiger partial charge is 0.496 e. The summed E-state index contributed by atoms with van der Waals surface area (Å²) in [7, 11) is 1.63. The van der Waals surface area contributed by atoms with Gasteiger partial charge in [-0.2, -0.15) is 11.8 Å². The van der Waals surface area contributed by atoms with Crippen LogP contribution in [-0.2, 0) is 12.2 Å². The highest BCUT2D eigenvalue weighted by Crippen LogP contribution is 2.20. The van der Waals surface area contributed by atoms with Crippen molar-refractivity contribution in [2.24, 2.45) is 0 Å². The van der Waals surface area contributed by atoms with E-state index in [2.05, 4.69) is 43.1 Å². The number of rotatable bonds is 9. The molecular formula is C21H25NO2S. The first-order valence-electron chi connectivity index (χ1n) is 8.33. The summed E-state index contributed by atoms with van der Waals surface area (Å²) in [6.45, 7) is 6.49. The van der Waals surface area contributed by atoms with E-state index in [1.807, 2.05) is 23.9 Å². The Labute approximate surface area is 154 Å². The van der Waals surface area contributed by atoms with E-state index in [1.165, 1.54) is 11.1 Å². The predicted octanol–water partition coefficient (Wildman–Crippen LogP) is 4.40. The third kappa shape index (κ3) is 5.98. The van der Waals surface area contributed by atoms with E-state index >= 15 is 0 Å². The van der Waals surface area contributed by atoms with Gasteiger partial charge in [-0.25, -0.2) is 0 Å². The number of amides is 1. The first-order chi connectivity index (χ1) is 12.1. The number of ether oxygens (including phenoxy) is 1. The van der Waals surface area contributed by atoms with Gasteiger partial charge in [-0.3, -0.25) is 4.79 Å². The van der Waals surface area contributed by atoms with Gasteiger partial charge < -0.3 is 10.1 Å². The summed E-state index contributed by atoms with van der Waals surface area (Å²) < 4.78 is 5.31. The molecule has 0 saturated heterocycles. The summed E-state index contributed by atoms with van der Waals surface area (Å²) in [5, 5.41) is 2.97. The minimum Gasteiger partial charge on any atom is -0.496 e. The van der Waals surface area contributed by atoms with Crippen molar-refractivity contribution in [3.63, 3.8) is 0 Å². The maximum Gasteiger partial charge on any atom is 0.251 e. The lowest BCUT2D eigenvalue weighted by atomic mass is 10.1. The SMILES string of the molecule is C=CCc1cc(C(=O)NCCSCc2ccc(C)cc2)ccc1OC. The molecule has 0 aromatic heterocycles. The molecule has 0 heterocycles. The van der Waals surface area contributed by atoms with E-state index in [4.69, 9.17) is 4.74 Å². The Kier molecular flexibility index (Phi) is 7.61. The second kappa shape index (κ2) is 9.94. The zero-order valence-electron chi connectivity index (χ0n) is 14.9. The molecule has 0 saturated carbocycles. The number of benzene rings is 2. The predicted molar refractivity (Wildman–Crippen MR) is 107 cm³/mol. The second-order valence-corrected chi connectivity index (χ2v) is 6.92. The van der Waals surface area contributed by atoms with Gasteiger partial charge in [0, 0.05) is 23.6 Å². The van der Waals surface area contributed by atoms with Crippen LogP contribution < -0.4 is 10.1 Å². The lowest BCUT2D eigenvalue weighted by Crippen LogP contribution is -2.25. The minimum absolute atomic E-state index is 0.0519. The molecule has 2 aromatic carbocycles. The molecule has 0 radical (unpaired) electrons. The maximum absolute atomic E-state index is 12.3. The maximum atomic E-state index is 12.3. The van der Waals surface area contributed by atoms with E-state index in [9.17, 15) is 4.79 Å². The first-order valence-corrected chi connectivity index (χ1v) is 9.49. The van der Waals surface area contributed by atoms with E-state index < -0.39 is 0 Å².